The molecule has 0 unspecified atom stereocenters. The van der Waals surface area contributed by atoms with Crippen LogP contribution in [0.15, 0.2) is 18.2 Å². The largest absolute Gasteiger partial charge is 0.291 e. The highest BCUT2D eigenvalue weighted by Crippen LogP contribution is 2.40. The van der Waals surface area contributed by atoms with Crippen molar-refractivity contribution in [1.29, 1.82) is 0 Å². The maximum absolute atomic E-state index is 14.0. The van der Waals surface area contributed by atoms with E-state index < -0.39 is 11.6 Å². The first-order chi connectivity index (χ1) is 10.5. The normalized spacial score (nSPS) is 11.9. The molecule has 0 bridgehead atoms. The Kier molecular flexibility index (Phi) is 9.64. The molecule has 22 heavy (non-hydrogen) atoms. The maximum Gasteiger partial charge on any atom is 0.130 e. The third-order valence-corrected chi connectivity index (χ3v) is 9.21. The van der Waals surface area contributed by atoms with Crippen molar-refractivity contribution in [3.8, 4) is 0 Å². The molecule has 0 aliphatic rings. The van der Waals surface area contributed by atoms with Crippen molar-refractivity contribution in [1.82, 2.24) is 4.90 Å². The third kappa shape index (κ3) is 6.19. The fraction of sp³-hybridized carbons (Fsp3) is 0.647. The Labute approximate surface area is 137 Å². The lowest BCUT2D eigenvalue weighted by molar-refractivity contribution is 0.347. The van der Waals surface area contributed by atoms with E-state index in [2.05, 4.69) is 32.6 Å². The van der Waals surface area contributed by atoms with Gasteiger partial charge in [0, 0.05) is 24.7 Å². The molecule has 0 saturated carbocycles. The molecule has 1 aromatic carbocycles. The topological polar surface area (TPSA) is 3.24 Å². The summed E-state index contributed by atoms with van der Waals surface area (Å²) in [5, 5.41) is 0. The first-order valence-electron chi connectivity index (χ1n) is 8.15. The zero-order chi connectivity index (χ0) is 16.5. The Hall–Kier alpha value is -0.100. The maximum atomic E-state index is 14.0. The Morgan fingerprint density at radius 1 is 0.818 bits per heavy atom. The van der Waals surface area contributed by atoms with E-state index in [-0.39, 0.29) is 21.4 Å². The Morgan fingerprint density at radius 3 is 1.59 bits per heavy atom. The van der Waals surface area contributed by atoms with Crippen molar-refractivity contribution in [3.05, 3.63) is 35.4 Å². The molecule has 0 N–H and O–H groups in total. The molecule has 1 aromatic rings. The number of hydrogen-bond donors (Lipinski definition) is 0. The van der Waals surface area contributed by atoms with Crippen LogP contribution in [0.25, 0.3) is 0 Å². The molecule has 0 amide bonds. The summed E-state index contributed by atoms with van der Waals surface area (Å²) in [7, 11) is -0.121. The summed E-state index contributed by atoms with van der Waals surface area (Å²) >= 11 is 0. The van der Waals surface area contributed by atoms with Gasteiger partial charge in [0.15, 0.2) is 0 Å². The van der Waals surface area contributed by atoms with Gasteiger partial charge in [-0.2, -0.15) is 0 Å². The van der Waals surface area contributed by atoms with Crippen LogP contribution in [0.1, 0.15) is 33.3 Å². The van der Waals surface area contributed by atoms with Gasteiger partial charge in [-0.05, 0) is 36.8 Å². The van der Waals surface area contributed by atoms with Gasteiger partial charge in [0.05, 0.1) is 0 Å². The van der Waals surface area contributed by atoms with Gasteiger partial charge in [-0.25, -0.2) is 8.78 Å². The fourth-order valence-corrected chi connectivity index (χ4v) is 5.85. The van der Waals surface area contributed by atoms with Crippen LogP contribution in [0.5, 0.6) is 0 Å². The standard InChI is InChI=1S/C17H29F2NP2/c1-5-21(6-2)13-20(14-22(7-3)8-4)12-15-16(18)10-9-11-17(15)19/h9-11H,5-8,12-14H2,1-4H3. The molecule has 0 atom stereocenters. The average molecular weight is 347 g/mol. The molecular formula is C17H29F2NP2. The molecule has 0 heterocycles. The summed E-state index contributed by atoms with van der Waals surface area (Å²) < 4.78 is 27.9. The van der Waals surface area contributed by atoms with E-state index in [0.29, 0.717) is 6.54 Å². The van der Waals surface area contributed by atoms with Crippen LogP contribution in [0.3, 0.4) is 0 Å². The van der Waals surface area contributed by atoms with Gasteiger partial charge in [0.2, 0.25) is 0 Å². The molecule has 0 aliphatic carbocycles. The van der Waals surface area contributed by atoms with Gasteiger partial charge in [-0.3, -0.25) is 4.90 Å². The van der Waals surface area contributed by atoms with E-state index in [9.17, 15) is 8.78 Å². The Morgan fingerprint density at radius 2 is 1.23 bits per heavy atom. The first kappa shape index (κ1) is 19.9. The van der Waals surface area contributed by atoms with Gasteiger partial charge < -0.3 is 0 Å². The van der Waals surface area contributed by atoms with Crippen molar-refractivity contribution >= 4 is 15.8 Å². The lowest BCUT2D eigenvalue weighted by Crippen LogP contribution is -2.26. The van der Waals surface area contributed by atoms with Crippen molar-refractivity contribution < 1.29 is 8.78 Å². The average Bonchev–Trinajstić information content (AvgIpc) is 2.52. The second-order valence-corrected chi connectivity index (χ2v) is 11.2. The molecule has 5 heteroatoms. The summed E-state index contributed by atoms with van der Waals surface area (Å²) in [4.78, 5) is 2.30. The van der Waals surface area contributed by atoms with Crippen LogP contribution in [0, 0.1) is 11.6 Å². The minimum absolute atomic E-state index is 0.0603. The molecule has 0 saturated heterocycles. The highest BCUT2D eigenvalue weighted by Gasteiger charge is 2.18. The minimum atomic E-state index is -0.417. The summed E-state index contributed by atoms with van der Waals surface area (Å²) in [6, 6.07) is 4.16. The highest BCUT2D eigenvalue weighted by molar-refractivity contribution is 7.58. The van der Waals surface area contributed by atoms with Crippen LogP contribution in [-0.4, -0.2) is 42.1 Å². The second kappa shape index (κ2) is 10.6. The predicted molar refractivity (Wildman–Crippen MR) is 97.6 cm³/mol. The number of benzene rings is 1. The monoisotopic (exact) mass is 347 g/mol. The highest BCUT2D eigenvalue weighted by atomic mass is 31.1. The summed E-state index contributed by atoms with van der Waals surface area (Å²) in [6.45, 7) is 9.29. The van der Waals surface area contributed by atoms with E-state index >= 15 is 0 Å². The van der Waals surface area contributed by atoms with E-state index in [4.69, 9.17) is 0 Å². The van der Waals surface area contributed by atoms with Crippen molar-refractivity contribution in [2.24, 2.45) is 0 Å². The predicted octanol–water partition coefficient (Wildman–Crippen LogP) is 5.73. The van der Waals surface area contributed by atoms with Gasteiger partial charge in [-0.15, -0.1) is 0 Å². The molecule has 126 valence electrons. The molecule has 0 aromatic heterocycles. The van der Waals surface area contributed by atoms with Crippen LogP contribution in [0.4, 0.5) is 8.78 Å². The summed E-state index contributed by atoms with van der Waals surface area (Å²) in [5.74, 6) is -0.834. The molecule has 0 spiro atoms. The van der Waals surface area contributed by atoms with Crippen molar-refractivity contribution in [3.63, 3.8) is 0 Å². The SMILES string of the molecule is CCP(CC)CN(Cc1c(F)cccc1F)CP(CC)CC. The van der Waals surface area contributed by atoms with Crippen molar-refractivity contribution in [2.45, 2.75) is 34.2 Å². The molecule has 0 aliphatic heterocycles. The lowest BCUT2D eigenvalue weighted by Gasteiger charge is -2.30. The molecule has 1 rings (SSSR count). The van der Waals surface area contributed by atoms with E-state index in [1.165, 1.54) is 42.8 Å². The van der Waals surface area contributed by atoms with E-state index in [0.717, 1.165) is 12.6 Å². The fourth-order valence-electron chi connectivity index (χ4n) is 2.46. The van der Waals surface area contributed by atoms with Crippen molar-refractivity contribution in [2.75, 3.05) is 37.2 Å². The first-order valence-corrected chi connectivity index (χ1v) is 11.9. The van der Waals surface area contributed by atoms with Gasteiger partial charge in [0.25, 0.3) is 0 Å². The molecule has 1 nitrogen and oxygen atoms in total. The van der Waals surface area contributed by atoms with Crippen LogP contribution in [0.2, 0.25) is 0 Å². The quantitative estimate of drug-likeness (QED) is 0.489. The number of hydrogen-bond acceptors (Lipinski definition) is 1. The third-order valence-electron chi connectivity index (χ3n) is 4.03. The smallest absolute Gasteiger partial charge is 0.130 e. The number of nitrogens with zero attached hydrogens (tertiary/aromatic N) is 1. The van der Waals surface area contributed by atoms with Gasteiger partial charge in [0.1, 0.15) is 11.6 Å². The van der Waals surface area contributed by atoms with E-state index in [1.807, 2.05) is 0 Å². The van der Waals surface area contributed by atoms with Crippen LogP contribution in [-0.2, 0) is 6.54 Å². The molecule has 0 fully saturated rings. The zero-order valence-electron chi connectivity index (χ0n) is 14.3. The van der Waals surface area contributed by atoms with Crippen LogP contribution >= 0.6 is 15.8 Å². The molecular weight excluding hydrogens is 318 g/mol. The van der Waals surface area contributed by atoms with Gasteiger partial charge >= 0.3 is 0 Å². The zero-order valence-corrected chi connectivity index (χ0v) is 16.1. The van der Waals surface area contributed by atoms with Crippen LogP contribution < -0.4 is 0 Å². The number of rotatable bonds is 10. The number of halogens is 2. The van der Waals surface area contributed by atoms with Gasteiger partial charge in [-0.1, -0.05) is 49.6 Å². The summed E-state index contributed by atoms with van der Waals surface area (Å²) in [6.07, 6.45) is 6.71. The Bertz CT molecular complexity index is 400. The molecule has 0 radical (unpaired) electrons. The summed E-state index contributed by atoms with van der Waals surface area (Å²) in [5.41, 5.74) is 0.229. The second-order valence-electron chi connectivity index (χ2n) is 5.42. The Balaban J connectivity index is 2.88. The van der Waals surface area contributed by atoms with E-state index in [1.54, 1.807) is 0 Å². The minimum Gasteiger partial charge on any atom is -0.291 e. The lowest BCUT2D eigenvalue weighted by atomic mass is 10.2.